The molecule has 0 radical (unpaired) electrons. The van der Waals surface area contributed by atoms with Crippen molar-refractivity contribution in [3.05, 3.63) is 47.5 Å². The van der Waals surface area contributed by atoms with E-state index in [1.165, 1.54) is 30.0 Å². The van der Waals surface area contributed by atoms with Crippen LogP contribution in [0.2, 0.25) is 0 Å². The van der Waals surface area contributed by atoms with Gasteiger partial charge < -0.3 is 5.32 Å². The Morgan fingerprint density at radius 2 is 2.00 bits per heavy atom. The standard InChI is InChI=1S/C21H30FN5O/c1-15-8-6-9-16(2)26(15)13-7-12-23-21(28)20-14-27(25-24-20)17(3)18-10-4-5-11-19(18)22/h4-5,10-11,14-17H,6-9,12-13H2,1-3H3,(H,23,28)/t15-,16+,17-/m0/s1. The molecule has 6 nitrogen and oxygen atoms in total. The molecule has 28 heavy (non-hydrogen) atoms. The van der Waals surface area contributed by atoms with E-state index in [0.29, 0.717) is 24.2 Å². The number of aromatic nitrogens is 3. The number of amides is 1. The lowest BCUT2D eigenvalue weighted by atomic mass is 9.97. The smallest absolute Gasteiger partial charge is 0.273 e. The molecule has 3 atom stereocenters. The molecule has 0 aliphatic carbocycles. The van der Waals surface area contributed by atoms with Crippen LogP contribution in [-0.4, -0.2) is 51.0 Å². The van der Waals surface area contributed by atoms with Crippen molar-refractivity contribution in [2.75, 3.05) is 13.1 Å². The van der Waals surface area contributed by atoms with Crippen molar-refractivity contribution in [2.24, 2.45) is 0 Å². The van der Waals surface area contributed by atoms with Crippen LogP contribution in [0.25, 0.3) is 0 Å². The number of nitrogens with one attached hydrogen (secondary N) is 1. The second-order valence-corrected chi connectivity index (χ2v) is 7.76. The second kappa shape index (κ2) is 9.28. The van der Waals surface area contributed by atoms with Gasteiger partial charge in [0.1, 0.15) is 5.82 Å². The molecule has 0 bridgehead atoms. The van der Waals surface area contributed by atoms with E-state index in [4.69, 9.17) is 0 Å². The summed E-state index contributed by atoms with van der Waals surface area (Å²) in [7, 11) is 0. The molecular weight excluding hydrogens is 357 g/mol. The summed E-state index contributed by atoms with van der Waals surface area (Å²) >= 11 is 0. The van der Waals surface area contributed by atoms with Crippen molar-refractivity contribution in [3.63, 3.8) is 0 Å². The van der Waals surface area contributed by atoms with Crippen LogP contribution in [-0.2, 0) is 0 Å². The monoisotopic (exact) mass is 387 g/mol. The van der Waals surface area contributed by atoms with Gasteiger partial charge in [-0.15, -0.1) is 5.10 Å². The summed E-state index contributed by atoms with van der Waals surface area (Å²) in [6.45, 7) is 7.98. The molecule has 0 saturated carbocycles. The quantitative estimate of drug-likeness (QED) is 0.740. The second-order valence-electron chi connectivity index (χ2n) is 7.76. The van der Waals surface area contributed by atoms with Gasteiger partial charge in [0.15, 0.2) is 5.69 Å². The lowest BCUT2D eigenvalue weighted by molar-refractivity contribution is 0.0921. The molecule has 1 saturated heterocycles. The van der Waals surface area contributed by atoms with Crippen molar-refractivity contribution < 1.29 is 9.18 Å². The fraction of sp³-hybridized carbons (Fsp3) is 0.571. The minimum absolute atomic E-state index is 0.244. The van der Waals surface area contributed by atoms with Crippen LogP contribution in [0.5, 0.6) is 0 Å². The summed E-state index contributed by atoms with van der Waals surface area (Å²) in [5.41, 5.74) is 0.770. The van der Waals surface area contributed by atoms with E-state index in [0.717, 1.165) is 13.0 Å². The summed E-state index contributed by atoms with van der Waals surface area (Å²) in [6, 6.07) is 7.45. The minimum atomic E-state index is -0.336. The first kappa shape index (κ1) is 20.5. The van der Waals surface area contributed by atoms with E-state index in [2.05, 4.69) is 34.4 Å². The predicted molar refractivity (Wildman–Crippen MR) is 107 cm³/mol. The molecule has 1 aromatic carbocycles. The van der Waals surface area contributed by atoms with E-state index in [-0.39, 0.29) is 23.5 Å². The molecule has 3 rings (SSSR count). The Morgan fingerprint density at radius 3 is 2.71 bits per heavy atom. The summed E-state index contributed by atoms with van der Waals surface area (Å²) in [5.74, 6) is -0.538. The third kappa shape index (κ3) is 4.76. The Morgan fingerprint density at radius 1 is 1.29 bits per heavy atom. The van der Waals surface area contributed by atoms with E-state index < -0.39 is 0 Å². The van der Waals surface area contributed by atoms with Gasteiger partial charge >= 0.3 is 0 Å². The molecule has 152 valence electrons. The largest absolute Gasteiger partial charge is 0.351 e. The number of carbonyl (C=O) groups excluding carboxylic acids is 1. The van der Waals surface area contributed by atoms with E-state index >= 15 is 0 Å². The zero-order chi connectivity index (χ0) is 20.1. The summed E-state index contributed by atoms with van der Waals surface area (Å²) in [6.07, 6.45) is 6.28. The number of halogens is 1. The van der Waals surface area contributed by atoms with Crippen molar-refractivity contribution >= 4 is 5.91 Å². The fourth-order valence-corrected chi connectivity index (χ4v) is 4.00. The number of likely N-dealkylation sites (tertiary alicyclic amines) is 1. The zero-order valence-corrected chi connectivity index (χ0v) is 16.9. The van der Waals surface area contributed by atoms with Gasteiger partial charge in [0, 0.05) is 30.7 Å². The highest BCUT2D eigenvalue weighted by Crippen LogP contribution is 2.22. The molecule has 2 aromatic rings. The zero-order valence-electron chi connectivity index (χ0n) is 16.9. The minimum Gasteiger partial charge on any atom is -0.351 e. The van der Waals surface area contributed by atoms with Gasteiger partial charge in [0.05, 0.1) is 12.2 Å². The predicted octanol–water partition coefficient (Wildman–Crippen LogP) is 3.41. The number of hydrogen-bond donors (Lipinski definition) is 1. The highest BCUT2D eigenvalue weighted by molar-refractivity contribution is 5.91. The normalized spacial score (nSPS) is 21.4. The molecule has 1 amide bonds. The Labute approximate surface area is 166 Å². The molecule has 0 spiro atoms. The maximum atomic E-state index is 14.0. The maximum Gasteiger partial charge on any atom is 0.273 e. The van der Waals surface area contributed by atoms with Gasteiger partial charge in [-0.3, -0.25) is 9.69 Å². The number of rotatable bonds is 7. The topological polar surface area (TPSA) is 63.1 Å². The van der Waals surface area contributed by atoms with Crippen LogP contribution in [0.3, 0.4) is 0 Å². The number of carbonyl (C=O) groups is 1. The highest BCUT2D eigenvalue weighted by atomic mass is 19.1. The number of benzene rings is 1. The SMILES string of the molecule is C[C@@H]1CCC[C@H](C)N1CCCNC(=O)c1cn([C@@H](C)c2ccccc2F)nn1. The van der Waals surface area contributed by atoms with Crippen LogP contribution in [0.15, 0.2) is 30.5 Å². The highest BCUT2D eigenvalue weighted by Gasteiger charge is 2.24. The average Bonchev–Trinajstić information content (AvgIpc) is 3.17. The number of hydrogen-bond acceptors (Lipinski definition) is 4. The molecule has 1 aliphatic heterocycles. The molecule has 1 N–H and O–H groups in total. The third-order valence-corrected chi connectivity index (χ3v) is 5.75. The van der Waals surface area contributed by atoms with Gasteiger partial charge in [-0.25, -0.2) is 9.07 Å². The van der Waals surface area contributed by atoms with Gasteiger partial charge in [-0.2, -0.15) is 0 Å². The molecule has 1 fully saturated rings. The van der Waals surface area contributed by atoms with Crippen LogP contribution in [0, 0.1) is 5.82 Å². The van der Waals surface area contributed by atoms with Crippen LogP contribution in [0.1, 0.15) is 68.5 Å². The van der Waals surface area contributed by atoms with Crippen molar-refractivity contribution in [1.29, 1.82) is 0 Å². The van der Waals surface area contributed by atoms with Gasteiger partial charge in [0.2, 0.25) is 0 Å². The van der Waals surface area contributed by atoms with Crippen LogP contribution < -0.4 is 5.32 Å². The molecule has 2 heterocycles. The van der Waals surface area contributed by atoms with Gasteiger partial charge in [-0.1, -0.05) is 29.8 Å². The lowest BCUT2D eigenvalue weighted by Gasteiger charge is -2.39. The first-order valence-corrected chi connectivity index (χ1v) is 10.2. The number of piperidine rings is 1. The molecular formula is C21H30FN5O. The third-order valence-electron chi connectivity index (χ3n) is 5.75. The molecule has 1 aliphatic rings. The fourth-order valence-electron chi connectivity index (χ4n) is 4.00. The van der Waals surface area contributed by atoms with E-state index in [1.54, 1.807) is 24.4 Å². The van der Waals surface area contributed by atoms with E-state index in [9.17, 15) is 9.18 Å². The Bertz CT molecular complexity index is 783. The lowest BCUT2D eigenvalue weighted by Crippen LogP contribution is -2.44. The Kier molecular flexibility index (Phi) is 6.78. The average molecular weight is 388 g/mol. The van der Waals surface area contributed by atoms with Crippen molar-refractivity contribution in [3.8, 4) is 0 Å². The summed E-state index contributed by atoms with van der Waals surface area (Å²) in [4.78, 5) is 14.9. The first-order chi connectivity index (χ1) is 13.5. The van der Waals surface area contributed by atoms with Crippen molar-refractivity contribution in [1.82, 2.24) is 25.2 Å². The summed E-state index contributed by atoms with van der Waals surface area (Å²) in [5, 5.41) is 10.9. The van der Waals surface area contributed by atoms with Gasteiger partial charge in [0.25, 0.3) is 5.91 Å². The Hall–Kier alpha value is -2.28. The van der Waals surface area contributed by atoms with Crippen molar-refractivity contribution in [2.45, 2.75) is 64.6 Å². The molecule has 1 aromatic heterocycles. The first-order valence-electron chi connectivity index (χ1n) is 10.2. The number of nitrogens with zero attached hydrogens (tertiary/aromatic N) is 4. The molecule has 7 heteroatoms. The van der Waals surface area contributed by atoms with E-state index in [1.807, 2.05) is 6.92 Å². The molecule has 0 unspecified atom stereocenters. The van der Waals surface area contributed by atoms with Gasteiger partial charge in [-0.05, 0) is 46.1 Å². The Balaban J connectivity index is 1.50. The maximum absolute atomic E-state index is 14.0. The summed E-state index contributed by atoms with van der Waals surface area (Å²) < 4.78 is 15.5. The van der Waals surface area contributed by atoms with Crippen LogP contribution in [0.4, 0.5) is 4.39 Å². The van der Waals surface area contributed by atoms with Crippen LogP contribution >= 0.6 is 0 Å².